The van der Waals surface area contributed by atoms with Gasteiger partial charge in [-0.15, -0.1) is 0 Å². The standard InChI is InChI=1S/C40H38B2N2O5/c1-37(2)39(5,25-40(6)38(3,4)47-42(49-40)31-16-11-19-35-36(31)29-15-8-10-18-34(29)45-35)48-41(46-37)26-20-21-33-30(23-26)28-14-7-9-17-32(28)44(33)27-13-12-22-43-24-27/h7-24H,25H2,1-6H3. The molecule has 2 saturated heterocycles. The van der Waals surface area contributed by atoms with Gasteiger partial charge in [-0.05, 0) is 88.9 Å². The Hall–Kier alpha value is -4.40. The highest BCUT2D eigenvalue weighted by Crippen LogP contribution is 2.49. The second kappa shape index (κ2) is 10.6. The first-order valence-electron chi connectivity index (χ1n) is 17.0. The fourth-order valence-electron chi connectivity index (χ4n) is 7.90. The maximum Gasteiger partial charge on any atom is 0.495 e. The summed E-state index contributed by atoms with van der Waals surface area (Å²) in [7, 11) is -1.13. The van der Waals surface area contributed by atoms with E-state index in [0.29, 0.717) is 6.42 Å². The maximum absolute atomic E-state index is 6.99. The molecule has 0 saturated carbocycles. The first-order chi connectivity index (χ1) is 23.5. The molecule has 244 valence electrons. The molecule has 0 radical (unpaired) electrons. The summed E-state index contributed by atoms with van der Waals surface area (Å²) in [5, 5.41) is 4.38. The molecule has 9 rings (SSSR count). The van der Waals surface area contributed by atoms with Gasteiger partial charge in [0.25, 0.3) is 0 Å². The van der Waals surface area contributed by atoms with Crippen LogP contribution in [-0.2, 0) is 18.6 Å². The van der Waals surface area contributed by atoms with Crippen LogP contribution >= 0.6 is 0 Å². The molecule has 7 nitrogen and oxygen atoms in total. The number of nitrogens with zero attached hydrogens (tertiary/aromatic N) is 2. The average molecular weight is 648 g/mol. The lowest BCUT2D eigenvalue weighted by atomic mass is 9.73. The zero-order valence-corrected chi connectivity index (χ0v) is 28.7. The predicted octanol–water partition coefficient (Wildman–Crippen LogP) is 7.73. The SMILES string of the molecule is CC1(C)OB(c2ccc3c(c2)c2ccccc2n3-c2cccnc2)OC1(C)CC1(C)OB(c2cccc3oc4ccccc4c23)OC1(C)C. The Bertz CT molecular complexity index is 2400. The Kier molecular flexibility index (Phi) is 6.60. The van der Waals surface area contributed by atoms with Crippen LogP contribution in [0.1, 0.15) is 48.0 Å². The average Bonchev–Trinajstić information content (AvgIpc) is 3.76. The van der Waals surface area contributed by atoms with Crippen LogP contribution < -0.4 is 10.9 Å². The van der Waals surface area contributed by atoms with Crippen LogP contribution in [0.15, 0.2) is 114 Å². The van der Waals surface area contributed by atoms with Crippen LogP contribution in [0.2, 0.25) is 0 Å². The Morgan fingerprint density at radius 3 is 2.06 bits per heavy atom. The topological polar surface area (TPSA) is 67.9 Å². The van der Waals surface area contributed by atoms with Crippen molar-refractivity contribution in [2.75, 3.05) is 0 Å². The van der Waals surface area contributed by atoms with E-state index < -0.39 is 36.6 Å². The lowest BCUT2D eigenvalue weighted by molar-refractivity contribution is -0.0967. The van der Waals surface area contributed by atoms with Crippen LogP contribution in [0.4, 0.5) is 0 Å². The summed E-state index contributed by atoms with van der Waals surface area (Å²) in [6.45, 7) is 12.7. The highest BCUT2D eigenvalue weighted by Gasteiger charge is 2.63. The summed E-state index contributed by atoms with van der Waals surface area (Å²) in [5.74, 6) is 0. The van der Waals surface area contributed by atoms with Crippen molar-refractivity contribution >= 4 is 68.9 Å². The first-order valence-corrected chi connectivity index (χ1v) is 17.0. The molecule has 4 aromatic carbocycles. The number of hydrogen-bond acceptors (Lipinski definition) is 6. The lowest BCUT2D eigenvalue weighted by Crippen LogP contribution is -2.55. The molecule has 2 fully saturated rings. The van der Waals surface area contributed by atoms with E-state index in [1.807, 2.05) is 42.6 Å². The predicted molar refractivity (Wildman–Crippen MR) is 197 cm³/mol. The molecule has 5 heterocycles. The third kappa shape index (κ3) is 4.56. The highest BCUT2D eigenvalue weighted by atomic mass is 16.7. The molecule has 7 aromatic rings. The van der Waals surface area contributed by atoms with Crippen molar-refractivity contribution in [1.82, 2.24) is 9.55 Å². The van der Waals surface area contributed by atoms with E-state index in [2.05, 4.69) is 112 Å². The number of hydrogen-bond donors (Lipinski definition) is 0. The molecule has 0 spiro atoms. The Morgan fingerprint density at radius 2 is 1.29 bits per heavy atom. The van der Waals surface area contributed by atoms with Gasteiger partial charge in [-0.25, -0.2) is 0 Å². The van der Waals surface area contributed by atoms with Gasteiger partial charge in [-0.1, -0.05) is 60.7 Å². The summed E-state index contributed by atoms with van der Waals surface area (Å²) in [6.07, 6.45) is 4.25. The zero-order chi connectivity index (χ0) is 33.8. The highest BCUT2D eigenvalue weighted by molar-refractivity contribution is 6.66. The van der Waals surface area contributed by atoms with Gasteiger partial charge in [0.2, 0.25) is 0 Å². The Balaban J connectivity index is 1.05. The van der Waals surface area contributed by atoms with Gasteiger partial charge in [0, 0.05) is 34.2 Å². The summed E-state index contributed by atoms with van der Waals surface area (Å²) < 4.78 is 36.0. The van der Waals surface area contributed by atoms with E-state index in [1.165, 1.54) is 5.39 Å². The number of furan rings is 1. The molecule has 49 heavy (non-hydrogen) atoms. The fraction of sp³-hybridized carbons (Fsp3) is 0.275. The first kappa shape index (κ1) is 30.6. The van der Waals surface area contributed by atoms with Gasteiger partial charge in [0.1, 0.15) is 11.2 Å². The van der Waals surface area contributed by atoms with Gasteiger partial charge in [-0.3, -0.25) is 4.98 Å². The van der Waals surface area contributed by atoms with Crippen molar-refractivity contribution in [2.45, 2.75) is 70.4 Å². The van der Waals surface area contributed by atoms with Crippen molar-refractivity contribution < 1.29 is 23.0 Å². The van der Waals surface area contributed by atoms with Crippen molar-refractivity contribution in [3.05, 3.63) is 109 Å². The van der Waals surface area contributed by atoms with Crippen molar-refractivity contribution in [3.63, 3.8) is 0 Å². The van der Waals surface area contributed by atoms with E-state index in [-0.39, 0.29) is 0 Å². The molecule has 2 aliphatic heterocycles. The van der Waals surface area contributed by atoms with Crippen LogP contribution in [0.5, 0.6) is 0 Å². The zero-order valence-electron chi connectivity index (χ0n) is 28.7. The van der Waals surface area contributed by atoms with E-state index in [9.17, 15) is 0 Å². The van der Waals surface area contributed by atoms with Gasteiger partial charge in [0.15, 0.2) is 0 Å². The van der Waals surface area contributed by atoms with E-state index in [4.69, 9.17) is 23.0 Å². The van der Waals surface area contributed by atoms with Crippen LogP contribution in [0.25, 0.3) is 49.4 Å². The molecule has 2 unspecified atom stereocenters. The van der Waals surface area contributed by atoms with Crippen LogP contribution in [0, 0.1) is 0 Å². The normalized spacial score (nSPS) is 23.5. The van der Waals surface area contributed by atoms with Gasteiger partial charge in [0.05, 0.1) is 45.3 Å². The molecule has 3 aromatic heterocycles. The fourth-order valence-corrected chi connectivity index (χ4v) is 7.90. The quantitative estimate of drug-likeness (QED) is 0.178. The molecule has 0 aliphatic carbocycles. The monoisotopic (exact) mass is 648 g/mol. The molecule has 0 bridgehead atoms. The Labute approximate surface area is 286 Å². The number of aromatic nitrogens is 2. The number of pyridine rings is 1. The minimum atomic E-state index is -0.704. The lowest BCUT2D eigenvalue weighted by Gasteiger charge is -2.45. The molecule has 0 amide bonds. The molecule has 2 aliphatic rings. The second-order valence-corrected chi connectivity index (χ2v) is 15.0. The minimum Gasteiger partial charge on any atom is -0.456 e. The number of fused-ring (bicyclic) bond motifs is 6. The summed E-state index contributed by atoms with van der Waals surface area (Å²) >= 11 is 0. The van der Waals surface area contributed by atoms with Crippen LogP contribution in [-0.4, -0.2) is 46.2 Å². The molecule has 9 heteroatoms. The van der Waals surface area contributed by atoms with Crippen molar-refractivity contribution in [3.8, 4) is 5.69 Å². The maximum atomic E-state index is 6.99. The summed E-state index contributed by atoms with van der Waals surface area (Å²) in [6, 6.07) is 33.2. The van der Waals surface area contributed by atoms with Gasteiger partial charge < -0.3 is 27.6 Å². The molecular formula is C40H38B2N2O5. The molecule has 0 N–H and O–H groups in total. The van der Waals surface area contributed by atoms with Gasteiger partial charge in [-0.2, -0.15) is 0 Å². The van der Waals surface area contributed by atoms with Crippen molar-refractivity contribution in [1.29, 1.82) is 0 Å². The third-order valence-corrected chi connectivity index (χ3v) is 11.3. The smallest absolute Gasteiger partial charge is 0.456 e. The number of benzene rings is 4. The largest absolute Gasteiger partial charge is 0.495 e. The van der Waals surface area contributed by atoms with Crippen LogP contribution in [0.3, 0.4) is 0 Å². The summed E-state index contributed by atoms with van der Waals surface area (Å²) in [4.78, 5) is 4.39. The minimum absolute atomic E-state index is 0.553. The Morgan fingerprint density at radius 1 is 0.612 bits per heavy atom. The van der Waals surface area contributed by atoms with E-state index in [0.717, 1.165) is 55.0 Å². The summed E-state index contributed by atoms with van der Waals surface area (Å²) in [5.41, 5.74) is 4.20. The third-order valence-electron chi connectivity index (χ3n) is 11.3. The van der Waals surface area contributed by atoms with E-state index >= 15 is 0 Å². The van der Waals surface area contributed by atoms with Gasteiger partial charge >= 0.3 is 14.2 Å². The molecule has 2 atom stereocenters. The van der Waals surface area contributed by atoms with E-state index in [1.54, 1.807) is 6.20 Å². The molecular weight excluding hydrogens is 610 g/mol. The number of rotatable bonds is 5. The number of para-hydroxylation sites is 2. The second-order valence-electron chi connectivity index (χ2n) is 15.0. The van der Waals surface area contributed by atoms with Crippen molar-refractivity contribution in [2.24, 2.45) is 0 Å².